The second-order valence-corrected chi connectivity index (χ2v) is 6.10. The number of nitro benzene ring substituents is 1. The lowest BCUT2D eigenvalue weighted by Gasteiger charge is -2.36. The van der Waals surface area contributed by atoms with Crippen LogP contribution in [-0.2, 0) is 6.54 Å². The highest BCUT2D eigenvalue weighted by molar-refractivity contribution is 5.62. The van der Waals surface area contributed by atoms with Crippen LogP contribution in [0.4, 0.5) is 11.4 Å². The fourth-order valence-corrected chi connectivity index (χ4v) is 3.00. The Morgan fingerprint density at radius 2 is 2.14 bits per heavy atom. The Morgan fingerprint density at radius 3 is 2.81 bits per heavy atom. The number of benzene rings is 1. The zero-order valence-corrected chi connectivity index (χ0v) is 13.1. The Hall–Kier alpha value is -1.62. The molecule has 1 aromatic rings. The molecule has 1 heterocycles. The van der Waals surface area contributed by atoms with E-state index >= 15 is 0 Å². The fraction of sp³-hybridized carbons (Fsp3) is 0.625. The van der Waals surface area contributed by atoms with Gasteiger partial charge in [-0.25, -0.2) is 0 Å². The van der Waals surface area contributed by atoms with Gasteiger partial charge in [-0.15, -0.1) is 0 Å². The maximum absolute atomic E-state index is 11.2. The molecule has 0 saturated carbocycles. The molecule has 0 aliphatic carbocycles. The number of nitrogens with zero attached hydrogens (tertiary/aromatic N) is 2. The topological polar surface area (TPSA) is 58.4 Å². The van der Waals surface area contributed by atoms with E-state index < -0.39 is 0 Å². The first kappa shape index (κ1) is 15.8. The first-order valence-electron chi connectivity index (χ1n) is 7.76. The average molecular weight is 291 g/mol. The molecule has 0 spiro atoms. The molecule has 5 nitrogen and oxygen atoms in total. The normalized spacial score (nSPS) is 23.0. The summed E-state index contributed by atoms with van der Waals surface area (Å²) in [6, 6.07) is 6.09. The minimum Gasteiger partial charge on any atom is -0.380 e. The van der Waals surface area contributed by atoms with Crippen LogP contribution in [0.3, 0.4) is 0 Å². The monoisotopic (exact) mass is 291 g/mol. The van der Waals surface area contributed by atoms with Crippen molar-refractivity contribution >= 4 is 11.4 Å². The lowest BCUT2D eigenvalue weighted by molar-refractivity contribution is -0.384. The average Bonchev–Trinajstić information content (AvgIpc) is 2.44. The van der Waals surface area contributed by atoms with Gasteiger partial charge in [0.2, 0.25) is 0 Å². The van der Waals surface area contributed by atoms with Crippen molar-refractivity contribution in [2.75, 3.05) is 18.4 Å². The molecule has 1 aromatic carbocycles. The van der Waals surface area contributed by atoms with E-state index in [1.807, 2.05) is 19.1 Å². The third kappa shape index (κ3) is 3.94. The van der Waals surface area contributed by atoms with E-state index in [-0.39, 0.29) is 10.6 Å². The highest BCUT2D eigenvalue weighted by atomic mass is 16.6. The number of anilines is 1. The summed E-state index contributed by atoms with van der Waals surface area (Å²) in [5, 5.41) is 14.3. The predicted octanol–water partition coefficient (Wildman–Crippen LogP) is 3.65. The summed E-state index contributed by atoms with van der Waals surface area (Å²) in [6.07, 6.45) is 2.48. The van der Waals surface area contributed by atoms with Gasteiger partial charge in [0.05, 0.1) is 4.92 Å². The van der Waals surface area contributed by atoms with Gasteiger partial charge in [0.15, 0.2) is 0 Å². The number of rotatable bonds is 5. The minimum atomic E-state index is -0.302. The molecule has 2 atom stereocenters. The molecule has 0 amide bonds. The van der Waals surface area contributed by atoms with Crippen LogP contribution in [0.25, 0.3) is 0 Å². The van der Waals surface area contributed by atoms with Crippen LogP contribution < -0.4 is 5.32 Å². The summed E-state index contributed by atoms with van der Waals surface area (Å²) in [7, 11) is 0. The van der Waals surface area contributed by atoms with E-state index in [9.17, 15) is 10.1 Å². The summed E-state index contributed by atoms with van der Waals surface area (Å²) >= 11 is 0. The number of nitro groups is 1. The third-order valence-corrected chi connectivity index (χ3v) is 4.26. The fourth-order valence-electron chi connectivity index (χ4n) is 3.00. The highest BCUT2D eigenvalue weighted by Gasteiger charge is 2.23. The first-order chi connectivity index (χ1) is 10.0. The summed E-state index contributed by atoms with van der Waals surface area (Å²) in [5.74, 6) is 0.706. The number of nitrogens with one attached hydrogen (secondary N) is 1. The zero-order chi connectivity index (χ0) is 15.4. The van der Waals surface area contributed by atoms with E-state index in [1.54, 1.807) is 6.07 Å². The van der Waals surface area contributed by atoms with Crippen LogP contribution in [0, 0.1) is 16.0 Å². The largest absolute Gasteiger partial charge is 0.380 e. The van der Waals surface area contributed by atoms with Gasteiger partial charge in [0.25, 0.3) is 5.69 Å². The van der Waals surface area contributed by atoms with E-state index in [4.69, 9.17) is 0 Å². The SMILES string of the molecule is CCNc1ccc(CN2CC(C)CCC2C)cc1[N+](=O)[O-]. The van der Waals surface area contributed by atoms with Crippen LogP contribution in [0.5, 0.6) is 0 Å². The maximum atomic E-state index is 11.2. The molecule has 2 rings (SSSR count). The van der Waals surface area contributed by atoms with Gasteiger partial charge in [-0.05, 0) is 44.2 Å². The van der Waals surface area contributed by atoms with Crippen molar-refractivity contribution in [3.8, 4) is 0 Å². The number of likely N-dealkylation sites (tertiary alicyclic amines) is 1. The molecule has 1 N–H and O–H groups in total. The van der Waals surface area contributed by atoms with Crippen molar-refractivity contribution < 1.29 is 4.92 Å². The lowest BCUT2D eigenvalue weighted by Crippen LogP contribution is -2.40. The quantitative estimate of drug-likeness (QED) is 0.664. The highest BCUT2D eigenvalue weighted by Crippen LogP contribution is 2.28. The summed E-state index contributed by atoms with van der Waals surface area (Å²) in [4.78, 5) is 13.3. The maximum Gasteiger partial charge on any atom is 0.292 e. The third-order valence-electron chi connectivity index (χ3n) is 4.26. The molecule has 1 saturated heterocycles. The predicted molar refractivity (Wildman–Crippen MR) is 85.5 cm³/mol. The van der Waals surface area contributed by atoms with Crippen molar-refractivity contribution in [3.63, 3.8) is 0 Å². The Morgan fingerprint density at radius 1 is 1.38 bits per heavy atom. The Bertz CT molecular complexity index is 504. The van der Waals surface area contributed by atoms with Crippen LogP contribution in [0.1, 0.15) is 39.2 Å². The van der Waals surface area contributed by atoms with E-state index in [0.29, 0.717) is 24.2 Å². The summed E-state index contributed by atoms with van der Waals surface area (Å²) < 4.78 is 0. The Balaban J connectivity index is 2.16. The molecular weight excluding hydrogens is 266 g/mol. The molecular formula is C16H25N3O2. The molecule has 2 unspecified atom stereocenters. The second kappa shape index (κ2) is 6.89. The van der Waals surface area contributed by atoms with Gasteiger partial charge in [0.1, 0.15) is 5.69 Å². The zero-order valence-electron chi connectivity index (χ0n) is 13.1. The molecule has 1 fully saturated rings. The molecule has 116 valence electrons. The molecule has 21 heavy (non-hydrogen) atoms. The smallest absolute Gasteiger partial charge is 0.292 e. The number of hydrogen-bond donors (Lipinski definition) is 1. The van der Waals surface area contributed by atoms with Crippen molar-refractivity contribution in [1.29, 1.82) is 0 Å². The van der Waals surface area contributed by atoms with E-state index in [1.165, 1.54) is 12.8 Å². The summed E-state index contributed by atoms with van der Waals surface area (Å²) in [5.41, 5.74) is 1.79. The van der Waals surface area contributed by atoms with Gasteiger partial charge in [0, 0.05) is 31.7 Å². The lowest BCUT2D eigenvalue weighted by atomic mass is 9.94. The molecule has 0 radical (unpaired) electrons. The van der Waals surface area contributed by atoms with Gasteiger partial charge in [-0.3, -0.25) is 15.0 Å². The molecule has 5 heteroatoms. The van der Waals surface area contributed by atoms with E-state index in [0.717, 1.165) is 18.7 Å². The van der Waals surface area contributed by atoms with E-state index in [2.05, 4.69) is 24.1 Å². The molecule has 1 aliphatic heterocycles. The molecule has 0 bridgehead atoms. The van der Waals surface area contributed by atoms with Gasteiger partial charge in [-0.2, -0.15) is 0 Å². The van der Waals surface area contributed by atoms with Gasteiger partial charge in [-0.1, -0.05) is 13.0 Å². The van der Waals surface area contributed by atoms with Gasteiger partial charge >= 0.3 is 0 Å². The minimum absolute atomic E-state index is 0.173. The Kier molecular flexibility index (Phi) is 5.17. The molecule has 1 aliphatic rings. The van der Waals surface area contributed by atoms with Crippen LogP contribution in [-0.4, -0.2) is 29.0 Å². The second-order valence-electron chi connectivity index (χ2n) is 6.10. The Labute approximate surface area is 126 Å². The standard InChI is InChI=1S/C16H25N3O2/c1-4-17-15-8-7-14(9-16(15)19(20)21)11-18-10-12(2)5-6-13(18)3/h7-9,12-13,17H,4-6,10-11H2,1-3H3. The first-order valence-corrected chi connectivity index (χ1v) is 7.76. The van der Waals surface area contributed by atoms with Crippen molar-refractivity contribution in [2.45, 2.75) is 46.2 Å². The van der Waals surface area contributed by atoms with Crippen molar-refractivity contribution in [2.24, 2.45) is 5.92 Å². The van der Waals surface area contributed by atoms with Crippen LogP contribution in [0.2, 0.25) is 0 Å². The van der Waals surface area contributed by atoms with Crippen LogP contribution >= 0.6 is 0 Å². The van der Waals surface area contributed by atoms with Crippen LogP contribution in [0.15, 0.2) is 18.2 Å². The summed E-state index contributed by atoms with van der Waals surface area (Å²) in [6.45, 7) is 9.00. The van der Waals surface area contributed by atoms with Crippen molar-refractivity contribution in [1.82, 2.24) is 4.90 Å². The number of piperidine rings is 1. The van der Waals surface area contributed by atoms with Gasteiger partial charge < -0.3 is 5.32 Å². The molecule has 0 aromatic heterocycles. The number of hydrogen-bond acceptors (Lipinski definition) is 4. The van der Waals surface area contributed by atoms with Crippen molar-refractivity contribution in [3.05, 3.63) is 33.9 Å².